The van der Waals surface area contributed by atoms with Gasteiger partial charge >= 0.3 is 0 Å². The zero-order chi connectivity index (χ0) is 20.0. The van der Waals surface area contributed by atoms with Gasteiger partial charge in [0.15, 0.2) is 5.11 Å². The largest absolute Gasteiger partial charge is 0.379 e. The number of nitrogens with zero attached hydrogens (tertiary/aromatic N) is 1. The van der Waals surface area contributed by atoms with Crippen LogP contribution < -0.4 is 10.6 Å². The maximum atomic E-state index is 12.6. The number of sulfonamides is 1. The molecule has 6 nitrogen and oxygen atoms in total. The highest BCUT2D eigenvalue weighted by molar-refractivity contribution is 7.89. The number of nitrogens with one attached hydrogen (secondary N) is 2. The van der Waals surface area contributed by atoms with Crippen LogP contribution in [0.15, 0.2) is 53.4 Å². The Bertz CT molecular complexity index is 897. The summed E-state index contributed by atoms with van der Waals surface area (Å²) in [6, 6.07) is 14.3. The van der Waals surface area contributed by atoms with Crippen molar-refractivity contribution in [1.82, 2.24) is 9.62 Å². The molecule has 3 rings (SSSR count). The first-order valence-electron chi connectivity index (χ1n) is 8.92. The first kappa shape index (κ1) is 21.0. The molecule has 0 spiro atoms. The summed E-state index contributed by atoms with van der Waals surface area (Å²) in [7, 11) is -3.49. The first-order chi connectivity index (χ1) is 13.4. The molecular weight excluding hydrogens is 418 g/mol. The van der Waals surface area contributed by atoms with E-state index in [0.29, 0.717) is 43.0 Å². The lowest BCUT2D eigenvalue weighted by molar-refractivity contribution is 0.0730. The summed E-state index contributed by atoms with van der Waals surface area (Å²) in [5.41, 5.74) is 1.89. The van der Waals surface area contributed by atoms with Gasteiger partial charge in [0.1, 0.15) is 0 Å². The molecule has 2 N–H and O–H groups in total. The topological polar surface area (TPSA) is 70.7 Å². The van der Waals surface area contributed by atoms with Gasteiger partial charge in [-0.05, 0) is 60.6 Å². The third-order valence-electron chi connectivity index (χ3n) is 4.33. The summed E-state index contributed by atoms with van der Waals surface area (Å²) in [6.07, 6.45) is 0.815. The number of halogens is 1. The first-order valence-corrected chi connectivity index (χ1v) is 11.1. The van der Waals surface area contributed by atoms with E-state index in [1.807, 2.05) is 24.3 Å². The molecule has 2 aromatic carbocycles. The van der Waals surface area contributed by atoms with Crippen LogP contribution in [0.2, 0.25) is 5.02 Å². The van der Waals surface area contributed by atoms with Crippen LogP contribution >= 0.6 is 23.8 Å². The molecule has 0 bridgehead atoms. The molecule has 1 heterocycles. The quantitative estimate of drug-likeness (QED) is 0.674. The lowest BCUT2D eigenvalue weighted by atomic mass is 10.1. The van der Waals surface area contributed by atoms with Crippen molar-refractivity contribution < 1.29 is 13.2 Å². The lowest BCUT2D eigenvalue weighted by Crippen LogP contribution is -2.40. The molecule has 2 aromatic rings. The van der Waals surface area contributed by atoms with Gasteiger partial charge in [0, 0.05) is 30.3 Å². The SMILES string of the molecule is O=S(=O)(c1ccc(NC(=S)NCCc2ccc(Cl)cc2)cc1)N1CCOCC1. The molecule has 0 unspecified atom stereocenters. The summed E-state index contributed by atoms with van der Waals surface area (Å²) < 4.78 is 31.9. The van der Waals surface area contributed by atoms with E-state index in [0.717, 1.165) is 17.7 Å². The second-order valence-electron chi connectivity index (χ2n) is 6.30. The number of hydrogen-bond donors (Lipinski definition) is 2. The Morgan fingerprint density at radius 1 is 1.07 bits per heavy atom. The zero-order valence-corrected chi connectivity index (χ0v) is 17.6. The smallest absolute Gasteiger partial charge is 0.243 e. The van der Waals surface area contributed by atoms with Gasteiger partial charge in [-0.1, -0.05) is 23.7 Å². The maximum Gasteiger partial charge on any atom is 0.243 e. The van der Waals surface area contributed by atoms with E-state index in [-0.39, 0.29) is 4.90 Å². The van der Waals surface area contributed by atoms with Crippen LogP contribution in [0.1, 0.15) is 5.56 Å². The van der Waals surface area contributed by atoms with E-state index in [2.05, 4.69) is 10.6 Å². The second-order valence-corrected chi connectivity index (χ2v) is 9.08. The summed E-state index contributed by atoms with van der Waals surface area (Å²) in [6.45, 7) is 2.29. The number of hydrogen-bond acceptors (Lipinski definition) is 4. The summed E-state index contributed by atoms with van der Waals surface area (Å²) >= 11 is 11.2. The molecule has 0 aliphatic carbocycles. The number of benzene rings is 2. The van der Waals surface area contributed by atoms with Gasteiger partial charge in [0.25, 0.3) is 0 Å². The average molecular weight is 440 g/mol. The Balaban J connectivity index is 1.50. The monoisotopic (exact) mass is 439 g/mol. The van der Waals surface area contributed by atoms with Gasteiger partial charge in [0.05, 0.1) is 18.1 Å². The van der Waals surface area contributed by atoms with Crippen LogP contribution in [-0.2, 0) is 21.2 Å². The highest BCUT2D eigenvalue weighted by Gasteiger charge is 2.26. The van der Waals surface area contributed by atoms with Crippen molar-refractivity contribution in [2.24, 2.45) is 0 Å². The Labute approximate surface area is 175 Å². The Morgan fingerprint density at radius 2 is 1.71 bits per heavy atom. The molecular formula is C19H22ClN3O3S2. The Hall–Kier alpha value is -1.71. The average Bonchev–Trinajstić information content (AvgIpc) is 2.70. The molecule has 1 aliphatic rings. The van der Waals surface area contributed by atoms with Crippen molar-refractivity contribution in [2.75, 3.05) is 38.2 Å². The van der Waals surface area contributed by atoms with Crippen molar-refractivity contribution in [3.63, 3.8) is 0 Å². The Morgan fingerprint density at radius 3 is 2.36 bits per heavy atom. The molecule has 1 fully saturated rings. The zero-order valence-electron chi connectivity index (χ0n) is 15.2. The minimum atomic E-state index is -3.49. The second kappa shape index (κ2) is 9.67. The van der Waals surface area contributed by atoms with Gasteiger partial charge in [-0.25, -0.2) is 8.42 Å². The minimum absolute atomic E-state index is 0.265. The van der Waals surface area contributed by atoms with E-state index >= 15 is 0 Å². The molecule has 1 aliphatic heterocycles. The Kier molecular flexibility index (Phi) is 7.25. The molecule has 150 valence electrons. The fraction of sp³-hybridized carbons (Fsp3) is 0.316. The third-order valence-corrected chi connectivity index (χ3v) is 6.74. The normalized spacial score (nSPS) is 15.2. The van der Waals surface area contributed by atoms with Crippen molar-refractivity contribution >= 4 is 44.6 Å². The van der Waals surface area contributed by atoms with Crippen molar-refractivity contribution in [3.8, 4) is 0 Å². The summed E-state index contributed by atoms with van der Waals surface area (Å²) in [5, 5.41) is 7.40. The van der Waals surface area contributed by atoms with Crippen LogP contribution in [0.4, 0.5) is 5.69 Å². The summed E-state index contributed by atoms with van der Waals surface area (Å²) in [4.78, 5) is 0.265. The molecule has 0 radical (unpaired) electrons. The molecule has 0 saturated carbocycles. The fourth-order valence-corrected chi connectivity index (χ4v) is 4.55. The molecule has 0 atom stereocenters. The van der Waals surface area contributed by atoms with Crippen LogP contribution in [0.25, 0.3) is 0 Å². The molecule has 0 aromatic heterocycles. The number of ether oxygens (including phenoxy) is 1. The van der Waals surface area contributed by atoms with Crippen LogP contribution in [-0.4, -0.2) is 50.7 Å². The van der Waals surface area contributed by atoms with Gasteiger partial charge in [-0.2, -0.15) is 4.31 Å². The molecule has 9 heteroatoms. The number of morpholine rings is 1. The van der Waals surface area contributed by atoms with Gasteiger partial charge in [-0.3, -0.25) is 0 Å². The van der Waals surface area contributed by atoms with Gasteiger partial charge < -0.3 is 15.4 Å². The van der Waals surface area contributed by atoms with Crippen molar-refractivity contribution in [3.05, 3.63) is 59.1 Å². The van der Waals surface area contributed by atoms with E-state index in [4.69, 9.17) is 28.6 Å². The van der Waals surface area contributed by atoms with Gasteiger partial charge in [-0.15, -0.1) is 0 Å². The van der Waals surface area contributed by atoms with Crippen LogP contribution in [0, 0.1) is 0 Å². The van der Waals surface area contributed by atoms with Crippen LogP contribution in [0.3, 0.4) is 0 Å². The fourth-order valence-electron chi connectivity index (χ4n) is 2.79. The van der Waals surface area contributed by atoms with Crippen molar-refractivity contribution in [2.45, 2.75) is 11.3 Å². The number of thiocarbonyl (C=S) groups is 1. The van der Waals surface area contributed by atoms with Gasteiger partial charge in [0.2, 0.25) is 10.0 Å². The van der Waals surface area contributed by atoms with E-state index in [1.54, 1.807) is 24.3 Å². The molecule has 1 saturated heterocycles. The lowest BCUT2D eigenvalue weighted by Gasteiger charge is -2.26. The number of anilines is 1. The highest BCUT2D eigenvalue weighted by atomic mass is 35.5. The van der Waals surface area contributed by atoms with Crippen molar-refractivity contribution in [1.29, 1.82) is 0 Å². The van der Waals surface area contributed by atoms with E-state index in [1.165, 1.54) is 4.31 Å². The third kappa shape index (κ3) is 5.65. The highest BCUT2D eigenvalue weighted by Crippen LogP contribution is 2.19. The predicted molar refractivity (Wildman–Crippen MR) is 115 cm³/mol. The van der Waals surface area contributed by atoms with E-state index in [9.17, 15) is 8.42 Å². The maximum absolute atomic E-state index is 12.6. The molecule has 28 heavy (non-hydrogen) atoms. The van der Waals surface area contributed by atoms with Crippen LogP contribution in [0.5, 0.6) is 0 Å². The molecule has 0 amide bonds. The van der Waals surface area contributed by atoms with E-state index < -0.39 is 10.0 Å². The number of rotatable bonds is 6. The predicted octanol–water partition coefficient (Wildman–Crippen LogP) is 2.89. The summed E-state index contributed by atoms with van der Waals surface area (Å²) in [5.74, 6) is 0. The minimum Gasteiger partial charge on any atom is -0.379 e. The standard InChI is InChI=1S/C19H22ClN3O3S2/c20-16-3-1-15(2-4-16)9-10-21-19(27)22-17-5-7-18(8-6-17)28(24,25)23-11-13-26-14-12-23/h1-8H,9-14H2,(H2,21,22,27).